The van der Waals surface area contributed by atoms with Crippen molar-refractivity contribution in [1.29, 1.82) is 0 Å². The summed E-state index contributed by atoms with van der Waals surface area (Å²) in [6.45, 7) is 6.13. The van der Waals surface area contributed by atoms with E-state index in [2.05, 4.69) is 12.2 Å². The molecule has 1 aromatic carbocycles. The van der Waals surface area contributed by atoms with E-state index in [1.807, 2.05) is 0 Å². The number of hydrogen-bond acceptors (Lipinski definition) is 3. The van der Waals surface area contributed by atoms with Crippen LogP contribution in [0.2, 0.25) is 0 Å². The smallest absolute Gasteiger partial charge is 0.128 e. The highest BCUT2D eigenvalue weighted by Gasteiger charge is 2.03. The number of nitrogens with two attached hydrogens (primary N) is 1. The van der Waals surface area contributed by atoms with Gasteiger partial charge in [-0.05, 0) is 37.5 Å². The molecule has 1 aromatic rings. The van der Waals surface area contributed by atoms with Gasteiger partial charge in [-0.25, -0.2) is 4.39 Å². The van der Waals surface area contributed by atoms with E-state index >= 15 is 0 Å². The predicted octanol–water partition coefficient (Wildman–Crippen LogP) is 2.94. The normalized spacial score (nSPS) is 10.5. The zero-order chi connectivity index (χ0) is 12.7. The first-order valence-corrected chi connectivity index (χ1v) is 6.02. The highest BCUT2D eigenvalue weighted by molar-refractivity contribution is 5.67. The van der Waals surface area contributed by atoms with E-state index in [1.165, 1.54) is 6.07 Å². The van der Waals surface area contributed by atoms with Crippen LogP contribution in [0.5, 0.6) is 0 Å². The Hall–Kier alpha value is -1.29. The maximum absolute atomic E-state index is 13.2. The van der Waals surface area contributed by atoms with Crippen molar-refractivity contribution in [3.05, 3.63) is 23.5 Å². The van der Waals surface area contributed by atoms with Crippen molar-refractivity contribution in [3.63, 3.8) is 0 Å². The second-order valence-electron chi connectivity index (χ2n) is 4.08. The van der Waals surface area contributed by atoms with E-state index in [4.69, 9.17) is 10.5 Å². The molecule has 1 rings (SSSR count). The topological polar surface area (TPSA) is 47.3 Å². The summed E-state index contributed by atoms with van der Waals surface area (Å²) in [4.78, 5) is 0. The predicted molar refractivity (Wildman–Crippen MR) is 69.8 cm³/mol. The van der Waals surface area contributed by atoms with Crippen LogP contribution in [0, 0.1) is 12.7 Å². The highest BCUT2D eigenvalue weighted by atomic mass is 19.1. The van der Waals surface area contributed by atoms with Gasteiger partial charge in [-0.15, -0.1) is 0 Å². The van der Waals surface area contributed by atoms with E-state index in [9.17, 15) is 4.39 Å². The summed E-state index contributed by atoms with van der Waals surface area (Å²) in [7, 11) is 0. The average molecular weight is 240 g/mol. The van der Waals surface area contributed by atoms with Crippen LogP contribution in [0.25, 0.3) is 0 Å². The first-order chi connectivity index (χ1) is 8.15. The number of rotatable bonds is 7. The molecule has 0 aliphatic rings. The molecule has 0 fully saturated rings. The number of nitrogens with one attached hydrogen (secondary N) is 1. The van der Waals surface area contributed by atoms with Crippen LogP contribution in [-0.4, -0.2) is 19.8 Å². The van der Waals surface area contributed by atoms with Gasteiger partial charge in [0.2, 0.25) is 0 Å². The lowest BCUT2D eigenvalue weighted by atomic mass is 10.2. The van der Waals surface area contributed by atoms with E-state index in [0.29, 0.717) is 11.3 Å². The Balaban J connectivity index is 2.34. The van der Waals surface area contributed by atoms with Crippen molar-refractivity contribution in [2.75, 3.05) is 30.8 Å². The van der Waals surface area contributed by atoms with Crippen LogP contribution in [0.15, 0.2) is 12.1 Å². The molecule has 96 valence electrons. The first-order valence-electron chi connectivity index (χ1n) is 6.02. The minimum absolute atomic E-state index is 0.265. The molecule has 0 unspecified atom stereocenters. The molecule has 0 radical (unpaired) electrons. The fraction of sp³-hybridized carbons (Fsp3) is 0.538. The standard InChI is InChI=1S/C13H21FN2O/c1-3-6-17-7-4-5-16-13-8-10(2)11(14)9-12(13)15/h8-9,16H,3-7,15H2,1-2H3. The Kier molecular flexibility index (Phi) is 5.77. The van der Waals surface area contributed by atoms with Crippen LogP contribution in [0.1, 0.15) is 25.3 Å². The van der Waals surface area contributed by atoms with Crippen LogP contribution in [0.3, 0.4) is 0 Å². The van der Waals surface area contributed by atoms with Crippen molar-refractivity contribution in [2.45, 2.75) is 26.7 Å². The summed E-state index contributed by atoms with van der Waals surface area (Å²) in [5, 5.41) is 3.19. The maximum Gasteiger partial charge on any atom is 0.128 e. The molecule has 0 heterocycles. The van der Waals surface area contributed by atoms with Gasteiger partial charge in [-0.3, -0.25) is 0 Å². The highest BCUT2D eigenvalue weighted by Crippen LogP contribution is 2.22. The summed E-state index contributed by atoms with van der Waals surface area (Å²) in [6.07, 6.45) is 1.95. The van der Waals surface area contributed by atoms with Gasteiger partial charge < -0.3 is 15.8 Å². The third kappa shape index (κ3) is 4.61. The Morgan fingerprint density at radius 3 is 2.82 bits per heavy atom. The second-order valence-corrected chi connectivity index (χ2v) is 4.08. The molecule has 4 heteroatoms. The minimum atomic E-state index is -0.265. The van der Waals surface area contributed by atoms with Gasteiger partial charge >= 0.3 is 0 Å². The second kappa shape index (κ2) is 7.12. The third-order valence-corrected chi connectivity index (χ3v) is 2.46. The number of ether oxygens (including phenoxy) is 1. The molecule has 0 bridgehead atoms. The van der Waals surface area contributed by atoms with Gasteiger partial charge in [0.15, 0.2) is 0 Å². The maximum atomic E-state index is 13.2. The lowest BCUT2D eigenvalue weighted by Crippen LogP contribution is -2.08. The number of nitrogen functional groups attached to an aromatic ring is 1. The van der Waals surface area contributed by atoms with Gasteiger partial charge in [0.25, 0.3) is 0 Å². The zero-order valence-corrected chi connectivity index (χ0v) is 10.6. The van der Waals surface area contributed by atoms with Gasteiger partial charge in [-0.1, -0.05) is 6.92 Å². The third-order valence-electron chi connectivity index (χ3n) is 2.46. The molecule has 0 aliphatic carbocycles. The van der Waals surface area contributed by atoms with E-state index in [-0.39, 0.29) is 5.82 Å². The molecule has 0 aromatic heterocycles. The number of hydrogen-bond donors (Lipinski definition) is 2. The lowest BCUT2D eigenvalue weighted by molar-refractivity contribution is 0.134. The van der Waals surface area contributed by atoms with Crippen LogP contribution < -0.4 is 11.1 Å². The van der Waals surface area contributed by atoms with Crippen molar-refractivity contribution in [3.8, 4) is 0 Å². The van der Waals surface area contributed by atoms with Crippen molar-refractivity contribution in [1.82, 2.24) is 0 Å². The van der Waals surface area contributed by atoms with Gasteiger partial charge in [0.1, 0.15) is 5.82 Å². The fourth-order valence-electron chi connectivity index (χ4n) is 1.49. The Morgan fingerprint density at radius 1 is 1.35 bits per heavy atom. The SMILES string of the molecule is CCCOCCCNc1cc(C)c(F)cc1N. The first kappa shape index (κ1) is 13.8. The average Bonchev–Trinajstić information content (AvgIpc) is 2.30. The summed E-state index contributed by atoms with van der Waals surface area (Å²) in [5.41, 5.74) is 7.56. The molecule has 0 atom stereocenters. The Labute approximate surface area is 102 Å². The number of benzene rings is 1. The van der Waals surface area contributed by atoms with E-state index < -0.39 is 0 Å². The molecule has 0 amide bonds. The molecular formula is C13H21FN2O. The quantitative estimate of drug-likeness (QED) is 0.569. The fourth-order valence-corrected chi connectivity index (χ4v) is 1.49. The lowest BCUT2D eigenvalue weighted by Gasteiger charge is -2.11. The van der Waals surface area contributed by atoms with Crippen LogP contribution in [0.4, 0.5) is 15.8 Å². The molecule has 0 saturated heterocycles. The van der Waals surface area contributed by atoms with Crippen molar-refractivity contribution >= 4 is 11.4 Å². The summed E-state index contributed by atoms with van der Waals surface area (Å²) in [5.74, 6) is -0.265. The molecule has 17 heavy (non-hydrogen) atoms. The largest absolute Gasteiger partial charge is 0.397 e. The zero-order valence-electron chi connectivity index (χ0n) is 10.6. The minimum Gasteiger partial charge on any atom is -0.397 e. The van der Waals surface area contributed by atoms with Crippen molar-refractivity contribution in [2.24, 2.45) is 0 Å². The van der Waals surface area contributed by atoms with Gasteiger partial charge in [-0.2, -0.15) is 0 Å². The molecule has 3 N–H and O–H groups in total. The van der Waals surface area contributed by atoms with Crippen LogP contribution in [-0.2, 0) is 4.74 Å². The number of aryl methyl sites for hydroxylation is 1. The van der Waals surface area contributed by atoms with E-state index in [0.717, 1.165) is 38.3 Å². The molecular weight excluding hydrogens is 219 g/mol. The number of anilines is 2. The summed E-state index contributed by atoms with van der Waals surface area (Å²) in [6, 6.07) is 3.09. The number of halogens is 1. The van der Waals surface area contributed by atoms with Crippen LogP contribution >= 0.6 is 0 Å². The Bertz CT molecular complexity index is 356. The van der Waals surface area contributed by atoms with Crippen molar-refractivity contribution < 1.29 is 9.13 Å². The molecule has 0 aliphatic heterocycles. The molecule has 0 saturated carbocycles. The Morgan fingerprint density at radius 2 is 2.12 bits per heavy atom. The monoisotopic (exact) mass is 240 g/mol. The summed E-state index contributed by atoms with van der Waals surface area (Å²) >= 11 is 0. The van der Waals surface area contributed by atoms with Gasteiger partial charge in [0, 0.05) is 19.8 Å². The van der Waals surface area contributed by atoms with Gasteiger partial charge in [0.05, 0.1) is 11.4 Å². The molecule has 3 nitrogen and oxygen atoms in total. The summed E-state index contributed by atoms with van der Waals surface area (Å²) < 4.78 is 18.5. The van der Waals surface area contributed by atoms with E-state index in [1.54, 1.807) is 13.0 Å². The molecule has 0 spiro atoms.